The summed E-state index contributed by atoms with van der Waals surface area (Å²) in [4.78, 5) is 15.6. The molecule has 5 heteroatoms. The monoisotopic (exact) mass is 358 g/mol. The van der Waals surface area contributed by atoms with Crippen LogP contribution >= 0.6 is 11.3 Å². The van der Waals surface area contributed by atoms with E-state index in [1.165, 1.54) is 24.2 Å². The molecule has 0 bridgehead atoms. The number of hydrogen-bond donors (Lipinski definition) is 1. The fourth-order valence-corrected chi connectivity index (χ4v) is 4.04. The fourth-order valence-electron chi connectivity index (χ4n) is 3.40. The Hall–Kier alpha value is -1.85. The number of nitrogens with one attached hydrogen (secondary N) is 1. The molecule has 0 aliphatic carbocycles. The summed E-state index contributed by atoms with van der Waals surface area (Å²) in [6, 6.07) is 12.0. The number of benzene rings is 1. The highest BCUT2D eigenvalue weighted by Crippen LogP contribution is 2.32. The van der Waals surface area contributed by atoms with Crippen LogP contribution in [0.3, 0.4) is 0 Å². The Morgan fingerprint density at radius 2 is 2.04 bits per heavy atom. The Kier molecular flexibility index (Phi) is 6.10. The van der Waals surface area contributed by atoms with Gasteiger partial charge in [-0.05, 0) is 49.4 Å². The van der Waals surface area contributed by atoms with Crippen LogP contribution in [0.5, 0.6) is 5.75 Å². The van der Waals surface area contributed by atoms with Gasteiger partial charge in [0.05, 0.1) is 18.0 Å². The van der Waals surface area contributed by atoms with E-state index < -0.39 is 0 Å². The number of amides is 1. The Morgan fingerprint density at radius 3 is 2.72 bits per heavy atom. The van der Waals surface area contributed by atoms with Gasteiger partial charge in [0, 0.05) is 12.1 Å². The summed E-state index contributed by atoms with van der Waals surface area (Å²) in [5.41, 5.74) is 1.14. The molecule has 1 aromatic heterocycles. The number of methoxy groups -OCH3 is 1. The number of piperidine rings is 1. The van der Waals surface area contributed by atoms with Crippen LogP contribution in [0.2, 0.25) is 0 Å². The van der Waals surface area contributed by atoms with Gasteiger partial charge in [-0.1, -0.05) is 31.2 Å². The number of para-hydroxylation sites is 1. The molecular weight excluding hydrogens is 332 g/mol. The van der Waals surface area contributed by atoms with Crippen LogP contribution in [-0.2, 0) is 0 Å². The Bertz CT molecular complexity index is 679. The predicted octanol–water partition coefficient (Wildman–Crippen LogP) is 3.96. The number of rotatable bonds is 6. The maximum absolute atomic E-state index is 12.4. The van der Waals surface area contributed by atoms with Gasteiger partial charge in [-0.3, -0.25) is 9.69 Å². The molecule has 1 aliphatic heterocycles. The highest BCUT2D eigenvalue weighted by atomic mass is 32.1. The molecule has 1 N–H and O–H groups in total. The van der Waals surface area contributed by atoms with E-state index in [2.05, 4.69) is 23.2 Å². The lowest BCUT2D eigenvalue weighted by molar-refractivity contribution is 0.0915. The van der Waals surface area contributed by atoms with Crippen molar-refractivity contribution in [3.05, 3.63) is 52.2 Å². The number of carbonyl (C=O) groups excluding carboxylic acids is 1. The molecular formula is C20H26N2O2S. The van der Waals surface area contributed by atoms with Gasteiger partial charge in [0.15, 0.2) is 0 Å². The summed E-state index contributed by atoms with van der Waals surface area (Å²) in [5.74, 6) is 1.66. The molecule has 1 fully saturated rings. The molecule has 0 saturated carbocycles. The lowest BCUT2D eigenvalue weighted by Gasteiger charge is -2.37. The number of nitrogens with zero attached hydrogens (tertiary/aromatic N) is 1. The molecule has 0 radical (unpaired) electrons. The SMILES string of the molecule is COc1ccccc1C(CNC(=O)c1cccs1)N1CCC(C)CC1. The lowest BCUT2D eigenvalue weighted by atomic mass is 9.95. The normalized spacial score (nSPS) is 17.2. The van der Waals surface area contributed by atoms with Crippen LogP contribution < -0.4 is 10.1 Å². The van der Waals surface area contributed by atoms with Crippen molar-refractivity contribution in [2.75, 3.05) is 26.7 Å². The van der Waals surface area contributed by atoms with Crippen molar-refractivity contribution in [3.63, 3.8) is 0 Å². The minimum absolute atomic E-state index is 0.000255. The zero-order valence-corrected chi connectivity index (χ0v) is 15.7. The average molecular weight is 359 g/mol. The van der Waals surface area contributed by atoms with E-state index in [4.69, 9.17) is 4.74 Å². The van der Waals surface area contributed by atoms with Crippen molar-refractivity contribution >= 4 is 17.2 Å². The van der Waals surface area contributed by atoms with Gasteiger partial charge in [-0.2, -0.15) is 0 Å². The zero-order chi connectivity index (χ0) is 17.6. The first-order chi connectivity index (χ1) is 12.2. The summed E-state index contributed by atoms with van der Waals surface area (Å²) < 4.78 is 5.58. The predicted molar refractivity (Wildman–Crippen MR) is 102 cm³/mol. The second-order valence-corrected chi connectivity index (χ2v) is 7.61. The number of hydrogen-bond acceptors (Lipinski definition) is 4. The van der Waals surface area contributed by atoms with Crippen LogP contribution in [0.15, 0.2) is 41.8 Å². The molecule has 2 aromatic rings. The molecule has 134 valence electrons. The Morgan fingerprint density at radius 1 is 1.28 bits per heavy atom. The van der Waals surface area contributed by atoms with Gasteiger partial charge in [0.25, 0.3) is 5.91 Å². The van der Waals surface area contributed by atoms with E-state index in [0.717, 1.165) is 35.2 Å². The largest absolute Gasteiger partial charge is 0.496 e. The minimum Gasteiger partial charge on any atom is -0.496 e. The summed E-state index contributed by atoms with van der Waals surface area (Å²) in [6.45, 7) is 5.01. The van der Waals surface area contributed by atoms with Crippen molar-refractivity contribution in [3.8, 4) is 5.75 Å². The van der Waals surface area contributed by atoms with Crippen molar-refractivity contribution in [2.45, 2.75) is 25.8 Å². The molecule has 1 atom stereocenters. The number of carbonyl (C=O) groups is 1. The third-order valence-corrected chi connectivity index (χ3v) is 5.83. The van der Waals surface area contributed by atoms with Gasteiger partial charge in [0.2, 0.25) is 0 Å². The highest BCUT2D eigenvalue weighted by molar-refractivity contribution is 7.12. The summed E-state index contributed by atoms with van der Waals surface area (Å²) in [6.07, 6.45) is 2.40. The summed E-state index contributed by atoms with van der Waals surface area (Å²) >= 11 is 1.47. The maximum atomic E-state index is 12.4. The molecule has 0 spiro atoms. The molecule has 1 amide bonds. The molecule has 1 unspecified atom stereocenters. The third kappa shape index (κ3) is 4.41. The van der Waals surface area contributed by atoms with E-state index in [1.54, 1.807) is 7.11 Å². The topological polar surface area (TPSA) is 41.6 Å². The molecule has 2 heterocycles. The van der Waals surface area contributed by atoms with Crippen LogP contribution in [0, 0.1) is 5.92 Å². The lowest BCUT2D eigenvalue weighted by Crippen LogP contribution is -2.42. The van der Waals surface area contributed by atoms with Gasteiger partial charge >= 0.3 is 0 Å². The van der Waals surface area contributed by atoms with Gasteiger partial charge < -0.3 is 10.1 Å². The third-order valence-electron chi connectivity index (χ3n) is 4.96. The summed E-state index contributed by atoms with van der Waals surface area (Å²) in [7, 11) is 1.71. The van der Waals surface area contributed by atoms with Crippen LogP contribution in [0.4, 0.5) is 0 Å². The van der Waals surface area contributed by atoms with Crippen molar-refractivity contribution in [1.82, 2.24) is 10.2 Å². The van der Waals surface area contributed by atoms with Crippen molar-refractivity contribution < 1.29 is 9.53 Å². The van der Waals surface area contributed by atoms with Crippen LogP contribution in [0.25, 0.3) is 0 Å². The molecule has 1 aliphatic rings. The molecule has 1 aromatic carbocycles. The average Bonchev–Trinajstić information content (AvgIpc) is 3.18. The number of ether oxygens (including phenoxy) is 1. The van der Waals surface area contributed by atoms with E-state index in [0.29, 0.717) is 6.54 Å². The molecule has 1 saturated heterocycles. The van der Waals surface area contributed by atoms with E-state index in [9.17, 15) is 4.79 Å². The zero-order valence-electron chi connectivity index (χ0n) is 14.9. The van der Waals surface area contributed by atoms with Crippen LogP contribution in [0.1, 0.15) is 41.0 Å². The van der Waals surface area contributed by atoms with E-state index in [1.807, 2.05) is 35.7 Å². The molecule has 25 heavy (non-hydrogen) atoms. The quantitative estimate of drug-likeness (QED) is 0.850. The molecule has 3 rings (SSSR count). The number of likely N-dealkylation sites (tertiary alicyclic amines) is 1. The van der Waals surface area contributed by atoms with E-state index >= 15 is 0 Å². The minimum atomic E-state index is 0.000255. The smallest absolute Gasteiger partial charge is 0.261 e. The standard InChI is InChI=1S/C20H26N2O2S/c1-15-9-11-22(12-10-15)17(16-6-3-4-7-18(16)24-2)14-21-20(23)19-8-5-13-25-19/h3-8,13,15,17H,9-12,14H2,1-2H3,(H,21,23). The van der Waals surface area contributed by atoms with Crippen LogP contribution in [-0.4, -0.2) is 37.6 Å². The van der Waals surface area contributed by atoms with Crippen molar-refractivity contribution in [2.24, 2.45) is 5.92 Å². The fraction of sp³-hybridized carbons (Fsp3) is 0.450. The van der Waals surface area contributed by atoms with Gasteiger partial charge in [-0.15, -0.1) is 11.3 Å². The van der Waals surface area contributed by atoms with E-state index in [-0.39, 0.29) is 11.9 Å². The van der Waals surface area contributed by atoms with Crippen molar-refractivity contribution in [1.29, 1.82) is 0 Å². The summed E-state index contributed by atoms with van der Waals surface area (Å²) in [5, 5.41) is 5.05. The Balaban J connectivity index is 1.77. The number of thiophene rings is 1. The first-order valence-electron chi connectivity index (χ1n) is 8.87. The van der Waals surface area contributed by atoms with Gasteiger partial charge in [-0.25, -0.2) is 0 Å². The second-order valence-electron chi connectivity index (χ2n) is 6.66. The van der Waals surface area contributed by atoms with Gasteiger partial charge in [0.1, 0.15) is 5.75 Å². The Labute approximate surface area is 153 Å². The second kappa shape index (κ2) is 8.50. The first-order valence-corrected chi connectivity index (χ1v) is 9.75. The highest BCUT2D eigenvalue weighted by Gasteiger charge is 2.27. The molecule has 4 nitrogen and oxygen atoms in total. The maximum Gasteiger partial charge on any atom is 0.261 e. The first kappa shape index (κ1) is 18.0.